The monoisotopic (exact) mass is 460 g/mol. The van der Waals surface area contributed by atoms with E-state index in [9.17, 15) is 4.79 Å². The lowest BCUT2D eigenvalue weighted by Crippen LogP contribution is -2.48. The summed E-state index contributed by atoms with van der Waals surface area (Å²) in [5.74, 6) is 0.998. The number of aryl methyl sites for hydroxylation is 2. The normalized spacial score (nSPS) is 14.2. The smallest absolute Gasteiger partial charge is 0.264 e. The van der Waals surface area contributed by atoms with Crippen LogP contribution in [0.2, 0.25) is 0 Å². The number of anilines is 1. The van der Waals surface area contributed by atoms with Crippen LogP contribution in [0.5, 0.6) is 5.75 Å². The minimum atomic E-state index is 0.110. The fourth-order valence-electron chi connectivity index (χ4n) is 4.36. The van der Waals surface area contributed by atoms with Crippen molar-refractivity contribution in [2.24, 2.45) is 0 Å². The van der Waals surface area contributed by atoms with E-state index in [4.69, 9.17) is 9.84 Å². The zero-order valence-electron chi connectivity index (χ0n) is 19.2. The molecule has 4 aromatic rings. The van der Waals surface area contributed by atoms with E-state index < -0.39 is 0 Å². The molecule has 0 unspecified atom stereocenters. The molecule has 1 aliphatic heterocycles. The first-order chi connectivity index (χ1) is 16.0. The van der Waals surface area contributed by atoms with Gasteiger partial charge in [-0.1, -0.05) is 18.2 Å². The van der Waals surface area contributed by atoms with Gasteiger partial charge in [0.15, 0.2) is 0 Å². The van der Waals surface area contributed by atoms with E-state index in [1.54, 1.807) is 0 Å². The molecule has 0 aliphatic carbocycles. The van der Waals surface area contributed by atoms with Crippen LogP contribution in [0, 0.1) is 13.8 Å². The van der Waals surface area contributed by atoms with Crippen molar-refractivity contribution in [2.45, 2.75) is 20.8 Å². The van der Waals surface area contributed by atoms with E-state index in [0.717, 1.165) is 50.9 Å². The van der Waals surface area contributed by atoms with Crippen molar-refractivity contribution in [3.05, 3.63) is 70.7 Å². The van der Waals surface area contributed by atoms with Gasteiger partial charge in [0.2, 0.25) is 0 Å². The first-order valence-corrected chi connectivity index (χ1v) is 12.2. The van der Waals surface area contributed by atoms with Gasteiger partial charge < -0.3 is 14.5 Å². The Balaban J connectivity index is 1.32. The van der Waals surface area contributed by atoms with Gasteiger partial charge in [0, 0.05) is 37.3 Å². The van der Waals surface area contributed by atoms with E-state index in [1.165, 1.54) is 17.0 Å². The van der Waals surface area contributed by atoms with Crippen molar-refractivity contribution >= 4 is 33.1 Å². The van der Waals surface area contributed by atoms with Gasteiger partial charge in [0.25, 0.3) is 5.91 Å². The number of hydrogen-bond acceptors (Lipinski definition) is 5. The molecule has 33 heavy (non-hydrogen) atoms. The van der Waals surface area contributed by atoms with Gasteiger partial charge >= 0.3 is 0 Å². The molecule has 1 saturated heterocycles. The topological polar surface area (TPSA) is 50.6 Å². The molecule has 0 spiro atoms. The lowest BCUT2D eigenvalue weighted by atomic mass is 10.2. The Morgan fingerprint density at radius 3 is 2.45 bits per heavy atom. The van der Waals surface area contributed by atoms with Crippen LogP contribution in [0.1, 0.15) is 27.9 Å². The molecular weight excluding hydrogens is 432 g/mol. The summed E-state index contributed by atoms with van der Waals surface area (Å²) in [6.07, 6.45) is 0. The molecule has 0 saturated carbocycles. The number of aromatic nitrogens is 2. The van der Waals surface area contributed by atoms with Gasteiger partial charge in [-0.15, -0.1) is 11.3 Å². The summed E-state index contributed by atoms with van der Waals surface area (Å²) >= 11 is 1.54. The van der Waals surface area contributed by atoms with Crippen molar-refractivity contribution in [1.29, 1.82) is 0 Å². The quantitative estimate of drug-likeness (QED) is 0.418. The Labute approximate surface area is 198 Å². The predicted octanol–water partition coefficient (Wildman–Crippen LogP) is 5.06. The Hall–Kier alpha value is -3.32. The van der Waals surface area contributed by atoms with E-state index in [2.05, 4.69) is 36.1 Å². The van der Waals surface area contributed by atoms with Gasteiger partial charge in [0.05, 0.1) is 22.9 Å². The number of amides is 1. The second-order valence-electron chi connectivity index (χ2n) is 8.32. The summed E-state index contributed by atoms with van der Waals surface area (Å²) in [5, 5.41) is 5.80. The minimum Gasteiger partial charge on any atom is -0.494 e. The molecule has 6 nitrogen and oxygen atoms in total. The van der Waals surface area contributed by atoms with E-state index >= 15 is 0 Å². The van der Waals surface area contributed by atoms with E-state index in [1.807, 2.05) is 53.8 Å². The third-order valence-corrected chi connectivity index (χ3v) is 7.28. The van der Waals surface area contributed by atoms with E-state index in [-0.39, 0.29) is 5.91 Å². The van der Waals surface area contributed by atoms with Crippen molar-refractivity contribution in [1.82, 2.24) is 14.7 Å². The average Bonchev–Trinajstić information content (AvgIpc) is 3.40. The van der Waals surface area contributed by atoms with Crippen LogP contribution in [-0.4, -0.2) is 53.4 Å². The number of benzene rings is 2. The van der Waals surface area contributed by atoms with Crippen LogP contribution in [0.3, 0.4) is 0 Å². The number of rotatable bonds is 5. The first kappa shape index (κ1) is 21.5. The van der Waals surface area contributed by atoms with Gasteiger partial charge in [-0.3, -0.25) is 4.79 Å². The Kier molecular flexibility index (Phi) is 5.81. The van der Waals surface area contributed by atoms with Crippen LogP contribution in [0.15, 0.2) is 54.6 Å². The summed E-state index contributed by atoms with van der Waals surface area (Å²) in [6, 6.07) is 18.4. The Morgan fingerprint density at radius 2 is 1.76 bits per heavy atom. The van der Waals surface area contributed by atoms with Crippen LogP contribution in [-0.2, 0) is 0 Å². The van der Waals surface area contributed by atoms with Crippen molar-refractivity contribution in [3.63, 3.8) is 0 Å². The fourth-order valence-corrected chi connectivity index (χ4v) is 5.50. The SMILES string of the molecule is CCOc1ccc(N2CCN(C(=O)c3cc4c(C)nn(-c5ccccc5C)c4s3)CC2)cc1. The highest BCUT2D eigenvalue weighted by Gasteiger charge is 2.25. The summed E-state index contributed by atoms with van der Waals surface area (Å²) in [4.78, 5) is 19.4. The first-order valence-electron chi connectivity index (χ1n) is 11.4. The van der Waals surface area contributed by atoms with Gasteiger partial charge in [-0.05, 0) is 62.7 Å². The number of thiophene rings is 1. The van der Waals surface area contributed by atoms with Gasteiger partial charge in [-0.25, -0.2) is 4.68 Å². The van der Waals surface area contributed by atoms with Crippen molar-refractivity contribution in [3.8, 4) is 11.4 Å². The summed E-state index contributed by atoms with van der Waals surface area (Å²) < 4.78 is 7.52. The molecule has 0 atom stereocenters. The predicted molar refractivity (Wildman–Crippen MR) is 134 cm³/mol. The maximum absolute atomic E-state index is 13.3. The lowest BCUT2D eigenvalue weighted by molar-refractivity contribution is 0.0751. The Morgan fingerprint density at radius 1 is 1.03 bits per heavy atom. The number of carbonyl (C=O) groups excluding carboxylic acids is 1. The molecule has 0 bridgehead atoms. The second kappa shape index (κ2) is 8.90. The number of para-hydroxylation sites is 1. The third-order valence-electron chi connectivity index (χ3n) is 6.18. The Bertz CT molecular complexity index is 1280. The van der Waals surface area contributed by atoms with Gasteiger partial charge in [-0.2, -0.15) is 5.10 Å². The van der Waals surface area contributed by atoms with Crippen LogP contribution in [0.4, 0.5) is 5.69 Å². The zero-order valence-corrected chi connectivity index (χ0v) is 20.1. The molecule has 2 aromatic carbocycles. The highest BCUT2D eigenvalue weighted by atomic mass is 32.1. The molecule has 5 rings (SSSR count). The molecule has 1 aliphatic rings. The van der Waals surface area contributed by atoms with Crippen molar-refractivity contribution < 1.29 is 9.53 Å². The second-order valence-corrected chi connectivity index (χ2v) is 9.35. The van der Waals surface area contributed by atoms with Crippen LogP contribution >= 0.6 is 11.3 Å². The standard InChI is InChI=1S/C26H28N4O2S/c1-4-32-21-11-9-20(10-12-21)28-13-15-29(16-14-28)25(31)24-17-22-19(3)27-30(26(22)33-24)23-8-6-5-7-18(23)2/h5-12,17H,4,13-16H2,1-3H3. The summed E-state index contributed by atoms with van der Waals surface area (Å²) in [6.45, 7) is 9.81. The molecule has 3 heterocycles. The number of fused-ring (bicyclic) bond motifs is 1. The minimum absolute atomic E-state index is 0.110. The highest BCUT2D eigenvalue weighted by molar-refractivity contribution is 7.20. The number of nitrogens with zero attached hydrogens (tertiary/aromatic N) is 4. The van der Waals surface area contributed by atoms with Gasteiger partial charge in [0.1, 0.15) is 10.6 Å². The summed E-state index contributed by atoms with van der Waals surface area (Å²) in [7, 11) is 0. The number of carbonyl (C=O) groups is 1. The largest absolute Gasteiger partial charge is 0.494 e. The van der Waals surface area contributed by atoms with Crippen LogP contribution < -0.4 is 9.64 Å². The fraction of sp³-hybridized carbons (Fsp3) is 0.308. The molecule has 170 valence electrons. The van der Waals surface area contributed by atoms with Crippen LogP contribution in [0.25, 0.3) is 15.9 Å². The highest BCUT2D eigenvalue weighted by Crippen LogP contribution is 2.32. The molecule has 0 radical (unpaired) electrons. The molecule has 1 fully saturated rings. The maximum Gasteiger partial charge on any atom is 0.264 e. The molecule has 7 heteroatoms. The molecule has 1 amide bonds. The lowest BCUT2D eigenvalue weighted by Gasteiger charge is -2.36. The molecule has 2 aromatic heterocycles. The maximum atomic E-state index is 13.3. The number of hydrogen-bond donors (Lipinski definition) is 0. The molecule has 0 N–H and O–H groups in total. The van der Waals surface area contributed by atoms with Crippen molar-refractivity contribution in [2.75, 3.05) is 37.7 Å². The molecular formula is C26H28N4O2S. The number of piperazine rings is 1. The average molecular weight is 461 g/mol. The summed E-state index contributed by atoms with van der Waals surface area (Å²) in [5.41, 5.74) is 4.33. The van der Waals surface area contributed by atoms with E-state index in [0.29, 0.717) is 19.7 Å². The number of ether oxygens (including phenoxy) is 1. The zero-order chi connectivity index (χ0) is 22.9. The third kappa shape index (κ3) is 4.09.